The zero-order chi connectivity index (χ0) is 19.9. The van der Waals surface area contributed by atoms with Gasteiger partial charge in [0.2, 0.25) is 5.91 Å². The molecule has 1 aliphatic heterocycles. The molecule has 7 nitrogen and oxygen atoms in total. The molecule has 1 unspecified atom stereocenters. The molecule has 1 fully saturated rings. The molecule has 1 amide bonds. The van der Waals surface area contributed by atoms with Gasteiger partial charge in [-0.05, 0) is 49.8 Å². The van der Waals surface area contributed by atoms with Gasteiger partial charge in [0, 0.05) is 58.1 Å². The lowest BCUT2D eigenvalue weighted by atomic mass is 9.94. The molecule has 3 rings (SSSR count). The van der Waals surface area contributed by atoms with Crippen molar-refractivity contribution in [1.29, 1.82) is 0 Å². The average molecular weight is 383 g/mol. The Kier molecular flexibility index (Phi) is 6.79. The molecule has 1 aliphatic rings. The lowest BCUT2D eigenvalue weighted by molar-refractivity contribution is -0.130. The first-order valence-corrected chi connectivity index (χ1v) is 10.0. The van der Waals surface area contributed by atoms with Crippen LogP contribution < -0.4 is 10.5 Å². The molecule has 1 atom stereocenters. The Morgan fingerprint density at radius 2 is 2.11 bits per heavy atom. The monoisotopic (exact) mass is 383 g/mol. The Morgan fingerprint density at radius 3 is 2.82 bits per heavy atom. The van der Waals surface area contributed by atoms with Gasteiger partial charge in [0.25, 0.3) is 5.56 Å². The molecule has 0 aliphatic carbocycles. The molecule has 150 valence electrons. The van der Waals surface area contributed by atoms with Gasteiger partial charge in [-0.25, -0.2) is 4.68 Å². The quantitative estimate of drug-likeness (QED) is 0.731. The van der Waals surface area contributed by atoms with Crippen LogP contribution in [0.4, 0.5) is 5.69 Å². The molecule has 0 radical (unpaired) electrons. The Hall–Kier alpha value is -2.70. The summed E-state index contributed by atoms with van der Waals surface area (Å²) in [6, 6.07) is 5.62. The molecule has 0 spiro atoms. The van der Waals surface area contributed by atoms with Gasteiger partial charge in [-0.2, -0.15) is 5.10 Å². The summed E-state index contributed by atoms with van der Waals surface area (Å²) in [6.45, 7) is 4.88. The number of carbonyl (C=O) groups excluding carboxylic acids is 1. The van der Waals surface area contributed by atoms with Crippen molar-refractivity contribution < 1.29 is 4.79 Å². The fraction of sp³-hybridized carbons (Fsp3) is 0.524. The number of hydrogen-bond acceptors (Lipinski definition) is 5. The van der Waals surface area contributed by atoms with Crippen molar-refractivity contribution in [1.82, 2.24) is 19.7 Å². The van der Waals surface area contributed by atoms with Crippen LogP contribution in [-0.4, -0.2) is 52.3 Å². The minimum atomic E-state index is -0.0750. The summed E-state index contributed by atoms with van der Waals surface area (Å²) in [6.07, 6.45) is 8.76. The third-order valence-corrected chi connectivity index (χ3v) is 5.41. The summed E-state index contributed by atoms with van der Waals surface area (Å²) in [5, 5.41) is 4.22. The van der Waals surface area contributed by atoms with E-state index in [4.69, 9.17) is 0 Å². The first-order valence-electron chi connectivity index (χ1n) is 10.0. The molecule has 0 N–H and O–H groups in total. The third-order valence-electron chi connectivity index (χ3n) is 5.41. The second kappa shape index (κ2) is 9.48. The normalized spacial score (nSPS) is 16.8. The van der Waals surface area contributed by atoms with E-state index in [1.807, 2.05) is 31.0 Å². The lowest BCUT2D eigenvalue weighted by Gasteiger charge is -2.34. The highest BCUT2D eigenvalue weighted by Crippen LogP contribution is 2.24. The maximum Gasteiger partial charge on any atom is 0.268 e. The molecular formula is C21H29N5O2. The number of carbonyl (C=O) groups is 1. The van der Waals surface area contributed by atoms with Crippen LogP contribution in [0.15, 0.2) is 41.6 Å². The Labute approximate surface area is 166 Å². The van der Waals surface area contributed by atoms with Gasteiger partial charge in [-0.1, -0.05) is 0 Å². The van der Waals surface area contributed by atoms with Crippen LogP contribution in [-0.2, 0) is 17.8 Å². The zero-order valence-electron chi connectivity index (χ0n) is 16.8. The summed E-state index contributed by atoms with van der Waals surface area (Å²) < 4.78 is 1.45. The van der Waals surface area contributed by atoms with Gasteiger partial charge in [0.15, 0.2) is 0 Å². The fourth-order valence-corrected chi connectivity index (χ4v) is 3.67. The van der Waals surface area contributed by atoms with E-state index in [1.54, 1.807) is 24.7 Å². The second-order valence-electron chi connectivity index (χ2n) is 7.45. The minimum Gasteiger partial charge on any atom is -0.370 e. The molecule has 3 heterocycles. The Bertz CT molecular complexity index is 836. The molecule has 28 heavy (non-hydrogen) atoms. The van der Waals surface area contributed by atoms with E-state index < -0.39 is 0 Å². The van der Waals surface area contributed by atoms with Crippen molar-refractivity contribution in [2.24, 2.45) is 5.92 Å². The largest absolute Gasteiger partial charge is 0.370 e. The summed E-state index contributed by atoms with van der Waals surface area (Å²) in [5.74, 6) is 0.485. The minimum absolute atomic E-state index is 0.0750. The number of likely N-dealkylation sites (N-methyl/N-ethyl adjacent to an activating group) is 1. The van der Waals surface area contributed by atoms with Crippen LogP contribution in [0.5, 0.6) is 0 Å². The third kappa shape index (κ3) is 5.18. The highest BCUT2D eigenvalue weighted by Gasteiger charge is 2.24. The van der Waals surface area contributed by atoms with Gasteiger partial charge >= 0.3 is 0 Å². The van der Waals surface area contributed by atoms with E-state index in [9.17, 15) is 9.59 Å². The van der Waals surface area contributed by atoms with E-state index in [0.717, 1.165) is 38.0 Å². The first-order chi connectivity index (χ1) is 13.6. The Morgan fingerprint density at radius 1 is 1.32 bits per heavy atom. The van der Waals surface area contributed by atoms with Crippen molar-refractivity contribution >= 4 is 11.6 Å². The maximum absolute atomic E-state index is 12.6. The van der Waals surface area contributed by atoms with Gasteiger partial charge in [0.1, 0.15) is 0 Å². The first kappa shape index (κ1) is 20.0. The molecule has 1 saturated heterocycles. The predicted molar refractivity (Wildman–Crippen MR) is 109 cm³/mol. The summed E-state index contributed by atoms with van der Waals surface area (Å²) >= 11 is 0. The molecular weight excluding hydrogens is 354 g/mol. The molecule has 0 bridgehead atoms. The van der Waals surface area contributed by atoms with Crippen molar-refractivity contribution in [3.05, 3.63) is 52.7 Å². The van der Waals surface area contributed by atoms with Crippen molar-refractivity contribution in [2.45, 2.75) is 39.2 Å². The van der Waals surface area contributed by atoms with Crippen LogP contribution in [0.3, 0.4) is 0 Å². The number of aromatic nitrogens is 3. The number of amides is 1. The van der Waals surface area contributed by atoms with Gasteiger partial charge < -0.3 is 9.80 Å². The predicted octanol–water partition coefficient (Wildman–Crippen LogP) is 1.97. The van der Waals surface area contributed by atoms with Crippen molar-refractivity contribution in [3.8, 4) is 0 Å². The number of nitrogens with zero attached hydrogens (tertiary/aromatic N) is 5. The number of anilines is 1. The molecule has 0 aromatic carbocycles. The highest BCUT2D eigenvalue weighted by molar-refractivity contribution is 5.76. The number of rotatable bonds is 7. The van der Waals surface area contributed by atoms with Crippen LogP contribution in [0.1, 0.15) is 31.7 Å². The van der Waals surface area contributed by atoms with E-state index in [1.165, 1.54) is 10.2 Å². The summed E-state index contributed by atoms with van der Waals surface area (Å²) in [4.78, 5) is 32.7. The smallest absolute Gasteiger partial charge is 0.268 e. The fourth-order valence-electron chi connectivity index (χ4n) is 3.67. The van der Waals surface area contributed by atoms with Crippen molar-refractivity contribution in [3.63, 3.8) is 0 Å². The topological polar surface area (TPSA) is 71.3 Å². The van der Waals surface area contributed by atoms with Crippen LogP contribution in [0.2, 0.25) is 0 Å². The molecule has 2 aromatic rings. The van der Waals surface area contributed by atoms with E-state index >= 15 is 0 Å². The Balaban J connectivity index is 1.53. The summed E-state index contributed by atoms with van der Waals surface area (Å²) in [7, 11) is 1.87. The van der Waals surface area contributed by atoms with Gasteiger partial charge in [-0.15, -0.1) is 0 Å². The van der Waals surface area contributed by atoms with E-state index in [0.29, 0.717) is 25.4 Å². The van der Waals surface area contributed by atoms with E-state index in [-0.39, 0.29) is 11.5 Å². The lowest BCUT2D eigenvalue weighted by Crippen LogP contribution is -2.39. The zero-order valence-corrected chi connectivity index (χ0v) is 16.8. The SMILES string of the molecule is CCn1ncc(N2CCCC(CC(=O)N(C)CCc3ccncc3)C2)cc1=O. The number of hydrogen-bond donors (Lipinski definition) is 0. The van der Waals surface area contributed by atoms with Gasteiger partial charge in [-0.3, -0.25) is 14.6 Å². The van der Waals surface area contributed by atoms with Crippen LogP contribution >= 0.6 is 0 Å². The molecule has 2 aromatic heterocycles. The highest BCUT2D eigenvalue weighted by atomic mass is 16.2. The average Bonchev–Trinajstić information content (AvgIpc) is 2.73. The summed E-state index contributed by atoms with van der Waals surface area (Å²) in [5.41, 5.74) is 1.97. The van der Waals surface area contributed by atoms with Crippen LogP contribution in [0.25, 0.3) is 0 Å². The molecule has 0 saturated carbocycles. The molecule has 7 heteroatoms. The van der Waals surface area contributed by atoms with Gasteiger partial charge in [0.05, 0.1) is 11.9 Å². The number of aryl methyl sites for hydroxylation is 1. The number of pyridine rings is 1. The van der Waals surface area contributed by atoms with Crippen LogP contribution in [0, 0.1) is 5.92 Å². The second-order valence-corrected chi connectivity index (χ2v) is 7.45. The standard InChI is InChI=1S/C21H29N5O2/c1-3-26-21(28)14-19(15-23-26)25-11-4-5-18(16-25)13-20(27)24(2)12-8-17-6-9-22-10-7-17/h6-7,9-10,14-15,18H,3-5,8,11-13,16H2,1-2H3. The maximum atomic E-state index is 12.6. The van der Waals surface area contributed by atoms with E-state index in [2.05, 4.69) is 15.0 Å². The number of piperidine rings is 1. The van der Waals surface area contributed by atoms with Crippen molar-refractivity contribution in [2.75, 3.05) is 31.6 Å².